The maximum atomic E-state index is 12.0. The first kappa shape index (κ1) is 12.0. The summed E-state index contributed by atoms with van der Waals surface area (Å²) in [6.07, 6.45) is 3.46. The lowest BCUT2D eigenvalue weighted by Crippen LogP contribution is -2.30. The normalized spacial score (nSPS) is 13.8. The van der Waals surface area contributed by atoms with Gasteiger partial charge in [0.1, 0.15) is 5.69 Å². The van der Waals surface area contributed by atoms with E-state index in [0.29, 0.717) is 18.9 Å². The van der Waals surface area contributed by atoms with Crippen molar-refractivity contribution in [2.45, 2.75) is 33.1 Å². The minimum Gasteiger partial charge on any atom is -0.372 e. The Balaban J connectivity index is 2.07. The van der Waals surface area contributed by atoms with E-state index in [1.54, 1.807) is 12.3 Å². The number of ether oxygens (including phenoxy) is 1. The summed E-state index contributed by atoms with van der Waals surface area (Å²) in [6, 6.07) is 1.89. The highest BCUT2D eigenvalue weighted by Crippen LogP contribution is 2.26. The van der Waals surface area contributed by atoms with Gasteiger partial charge in [-0.25, -0.2) is 4.98 Å². The van der Waals surface area contributed by atoms with Crippen LogP contribution in [-0.2, 0) is 18.0 Å². The number of nitrogens with one attached hydrogen (secondary N) is 1. The molecule has 1 N–H and O–H groups in total. The minimum absolute atomic E-state index is 0.0907. The molecule has 0 aliphatic carbocycles. The molecule has 2 aromatic rings. The van der Waals surface area contributed by atoms with Crippen LogP contribution in [0.4, 0.5) is 0 Å². The molecule has 1 aliphatic heterocycles. The third-order valence-corrected chi connectivity index (χ3v) is 3.11. The topological polar surface area (TPSA) is 64.1 Å². The van der Waals surface area contributed by atoms with Crippen LogP contribution >= 0.6 is 0 Å². The predicted octanol–water partition coefficient (Wildman–Crippen LogP) is 1.80. The lowest BCUT2D eigenvalue weighted by Gasteiger charge is -2.09. The van der Waals surface area contributed by atoms with Gasteiger partial charge in [-0.3, -0.25) is 9.78 Å². The largest absolute Gasteiger partial charge is 0.372 e. The van der Waals surface area contributed by atoms with Gasteiger partial charge in [0.25, 0.3) is 5.91 Å². The second-order valence-corrected chi connectivity index (χ2v) is 4.97. The molecule has 5 heteroatoms. The van der Waals surface area contributed by atoms with Gasteiger partial charge < -0.3 is 10.1 Å². The van der Waals surface area contributed by atoms with Gasteiger partial charge in [0.05, 0.1) is 24.9 Å². The number of nitrogens with zero attached hydrogens (tertiary/aromatic N) is 2. The molecule has 0 saturated carbocycles. The van der Waals surface area contributed by atoms with Gasteiger partial charge in [-0.15, -0.1) is 0 Å². The standard InChI is InChI=1S/C14H15N3O2/c1-8(2)17-14(18)12-3-10-11-7-19-6-9(11)4-15-13(10)5-16-12/h3-5,8H,6-7H2,1-2H3,(H,17,18). The number of amides is 1. The van der Waals surface area contributed by atoms with Crippen LogP contribution in [0.15, 0.2) is 18.5 Å². The molecule has 1 amide bonds. The average molecular weight is 257 g/mol. The van der Waals surface area contributed by atoms with E-state index in [-0.39, 0.29) is 11.9 Å². The van der Waals surface area contributed by atoms with Gasteiger partial charge in [-0.2, -0.15) is 0 Å². The Labute approximate surface area is 111 Å². The first-order valence-corrected chi connectivity index (χ1v) is 6.30. The van der Waals surface area contributed by atoms with E-state index in [9.17, 15) is 4.79 Å². The van der Waals surface area contributed by atoms with Gasteiger partial charge in [-0.1, -0.05) is 0 Å². The fraction of sp³-hybridized carbons (Fsp3) is 0.357. The van der Waals surface area contributed by atoms with Crippen LogP contribution in [-0.4, -0.2) is 21.9 Å². The Morgan fingerprint density at radius 2 is 2.16 bits per heavy atom. The van der Waals surface area contributed by atoms with Crippen molar-refractivity contribution in [2.75, 3.05) is 0 Å². The van der Waals surface area contributed by atoms with Crippen molar-refractivity contribution >= 4 is 16.8 Å². The molecule has 3 heterocycles. The van der Waals surface area contributed by atoms with Gasteiger partial charge >= 0.3 is 0 Å². The molecule has 0 bridgehead atoms. The van der Waals surface area contributed by atoms with Gasteiger partial charge in [-0.05, 0) is 25.5 Å². The highest BCUT2D eigenvalue weighted by atomic mass is 16.5. The number of pyridine rings is 2. The molecule has 19 heavy (non-hydrogen) atoms. The molecule has 5 nitrogen and oxygen atoms in total. The van der Waals surface area contributed by atoms with Crippen molar-refractivity contribution < 1.29 is 9.53 Å². The zero-order valence-electron chi connectivity index (χ0n) is 10.9. The zero-order chi connectivity index (χ0) is 13.4. The van der Waals surface area contributed by atoms with E-state index in [2.05, 4.69) is 15.3 Å². The third kappa shape index (κ3) is 2.17. The molecule has 0 atom stereocenters. The Morgan fingerprint density at radius 3 is 2.95 bits per heavy atom. The Kier molecular flexibility index (Phi) is 2.91. The van der Waals surface area contributed by atoms with E-state index in [0.717, 1.165) is 22.0 Å². The Morgan fingerprint density at radius 1 is 1.32 bits per heavy atom. The van der Waals surface area contributed by atoms with Crippen molar-refractivity contribution in [3.05, 3.63) is 35.3 Å². The fourth-order valence-corrected chi connectivity index (χ4v) is 2.21. The summed E-state index contributed by atoms with van der Waals surface area (Å²) >= 11 is 0. The minimum atomic E-state index is -0.159. The molecule has 0 spiro atoms. The molecule has 3 rings (SSSR count). The van der Waals surface area contributed by atoms with Crippen LogP contribution in [0, 0.1) is 0 Å². The number of carbonyl (C=O) groups is 1. The van der Waals surface area contributed by atoms with Crippen LogP contribution in [0.5, 0.6) is 0 Å². The molecule has 0 saturated heterocycles. The van der Waals surface area contributed by atoms with Crippen LogP contribution in [0.3, 0.4) is 0 Å². The second-order valence-electron chi connectivity index (χ2n) is 4.97. The molecule has 1 aliphatic rings. The van der Waals surface area contributed by atoms with Crippen molar-refractivity contribution in [2.24, 2.45) is 0 Å². The lowest BCUT2D eigenvalue weighted by atomic mass is 10.1. The molecule has 0 fully saturated rings. The number of carbonyl (C=O) groups excluding carboxylic acids is 1. The summed E-state index contributed by atoms with van der Waals surface area (Å²) in [4.78, 5) is 20.5. The summed E-state index contributed by atoms with van der Waals surface area (Å²) in [6.45, 7) is 5.01. The van der Waals surface area contributed by atoms with Crippen LogP contribution in [0.1, 0.15) is 35.5 Å². The quantitative estimate of drug-likeness (QED) is 0.891. The van der Waals surface area contributed by atoms with Crippen molar-refractivity contribution in [3.8, 4) is 0 Å². The van der Waals surface area contributed by atoms with Crippen molar-refractivity contribution in [1.82, 2.24) is 15.3 Å². The lowest BCUT2D eigenvalue weighted by molar-refractivity contribution is 0.0938. The number of rotatable bonds is 2. The summed E-state index contributed by atoms with van der Waals surface area (Å²) in [7, 11) is 0. The SMILES string of the molecule is CC(C)NC(=O)c1cc2c3c(cnc2cn1)COC3. The van der Waals surface area contributed by atoms with Crippen molar-refractivity contribution in [3.63, 3.8) is 0 Å². The number of aromatic nitrogens is 2. The molecular formula is C14H15N3O2. The summed E-state index contributed by atoms with van der Waals surface area (Å²) in [5.41, 5.74) is 3.42. The fourth-order valence-electron chi connectivity index (χ4n) is 2.21. The van der Waals surface area contributed by atoms with Gasteiger partial charge in [0, 0.05) is 23.2 Å². The number of hydrogen-bond donors (Lipinski definition) is 1. The number of hydrogen-bond acceptors (Lipinski definition) is 4. The van der Waals surface area contributed by atoms with E-state index in [1.165, 1.54) is 0 Å². The smallest absolute Gasteiger partial charge is 0.270 e. The molecule has 0 radical (unpaired) electrons. The van der Waals surface area contributed by atoms with E-state index in [1.807, 2.05) is 20.0 Å². The first-order chi connectivity index (χ1) is 9.15. The Hall–Kier alpha value is -2.01. The first-order valence-electron chi connectivity index (χ1n) is 6.30. The summed E-state index contributed by atoms with van der Waals surface area (Å²) in [5, 5.41) is 3.80. The second kappa shape index (κ2) is 4.59. The molecular weight excluding hydrogens is 242 g/mol. The van der Waals surface area contributed by atoms with E-state index < -0.39 is 0 Å². The van der Waals surface area contributed by atoms with E-state index >= 15 is 0 Å². The zero-order valence-corrected chi connectivity index (χ0v) is 10.9. The molecule has 2 aromatic heterocycles. The molecule has 0 aromatic carbocycles. The molecule has 0 unspecified atom stereocenters. The Bertz CT molecular complexity index is 652. The third-order valence-electron chi connectivity index (χ3n) is 3.11. The van der Waals surface area contributed by atoms with Crippen LogP contribution in [0.2, 0.25) is 0 Å². The van der Waals surface area contributed by atoms with Crippen molar-refractivity contribution in [1.29, 1.82) is 0 Å². The maximum Gasteiger partial charge on any atom is 0.270 e. The predicted molar refractivity (Wildman–Crippen MR) is 70.6 cm³/mol. The highest BCUT2D eigenvalue weighted by Gasteiger charge is 2.17. The number of fused-ring (bicyclic) bond motifs is 3. The average Bonchev–Trinajstić information content (AvgIpc) is 2.85. The summed E-state index contributed by atoms with van der Waals surface area (Å²) in [5.74, 6) is -0.159. The monoisotopic (exact) mass is 257 g/mol. The maximum absolute atomic E-state index is 12.0. The van der Waals surface area contributed by atoms with E-state index in [4.69, 9.17) is 4.74 Å². The van der Waals surface area contributed by atoms with Crippen LogP contribution in [0.25, 0.3) is 10.9 Å². The van der Waals surface area contributed by atoms with Gasteiger partial charge in [0.2, 0.25) is 0 Å². The van der Waals surface area contributed by atoms with Gasteiger partial charge in [0.15, 0.2) is 0 Å². The highest BCUT2D eigenvalue weighted by molar-refractivity contribution is 5.96. The van der Waals surface area contributed by atoms with Crippen LogP contribution < -0.4 is 5.32 Å². The summed E-state index contributed by atoms with van der Waals surface area (Å²) < 4.78 is 5.43. The molecule has 98 valence electrons.